The number of benzene rings is 4. The largest absolute Gasteiger partial charge is 0.454 e. The minimum Gasteiger partial charge on any atom is -0.454 e. The standard InChI is InChI=1S/C32H21NO6/c34-30-27-21(18-11-12-23-25(14-18)38-16-37-23)15-22-26-20-9-5-4-6-17(20)10-13-24(26)39-32(36)28(22)29(27)31(35)33(30)19-7-2-1-3-8-19/h1-15,21,27-29H,16H2/t21-,27+,28-,29-/m1/s1. The van der Waals surface area contributed by atoms with Crippen LogP contribution in [0.1, 0.15) is 17.0 Å². The number of allylic oxidation sites excluding steroid dienone is 1. The van der Waals surface area contributed by atoms with Gasteiger partial charge in [0.15, 0.2) is 11.5 Å². The first-order valence-corrected chi connectivity index (χ1v) is 12.9. The molecule has 0 spiro atoms. The van der Waals surface area contributed by atoms with Crippen molar-refractivity contribution >= 4 is 39.8 Å². The molecule has 0 aromatic heterocycles. The van der Waals surface area contributed by atoms with Crippen LogP contribution in [0.15, 0.2) is 91.0 Å². The number of rotatable bonds is 2. The summed E-state index contributed by atoms with van der Waals surface area (Å²) in [5.74, 6) is -2.61. The Morgan fingerprint density at radius 1 is 0.718 bits per heavy atom. The number of fused-ring (bicyclic) bond motifs is 8. The SMILES string of the molecule is O=C1Oc2ccc3ccccc3c2C2=C[C@H](c3ccc4c(c3)OCO4)[C@@H]3C(=O)N(c4ccccc4)C(=O)[C@H]3[C@H]12. The van der Waals surface area contributed by atoms with Crippen molar-refractivity contribution in [1.29, 1.82) is 0 Å². The van der Waals surface area contributed by atoms with Gasteiger partial charge in [-0.1, -0.05) is 60.7 Å². The van der Waals surface area contributed by atoms with Crippen molar-refractivity contribution in [2.24, 2.45) is 17.8 Å². The molecule has 1 aliphatic carbocycles. The van der Waals surface area contributed by atoms with Crippen molar-refractivity contribution in [3.63, 3.8) is 0 Å². The van der Waals surface area contributed by atoms with Gasteiger partial charge in [0.05, 0.1) is 23.4 Å². The topological polar surface area (TPSA) is 82.1 Å². The molecule has 1 fully saturated rings. The fraction of sp³-hybridized carbons (Fsp3) is 0.156. The third-order valence-electron chi connectivity index (χ3n) is 8.28. The predicted molar refractivity (Wildman–Crippen MR) is 142 cm³/mol. The maximum Gasteiger partial charge on any atom is 0.319 e. The van der Waals surface area contributed by atoms with E-state index in [0.717, 1.165) is 27.5 Å². The third kappa shape index (κ3) is 3.07. The Morgan fingerprint density at radius 3 is 2.33 bits per heavy atom. The van der Waals surface area contributed by atoms with Crippen LogP contribution < -0.4 is 19.1 Å². The summed E-state index contributed by atoms with van der Waals surface area (Å²) < 4.78 is 17.0. The fourth-order valence-electron chi connectivity index (χ4n) is 6.61. The Kier molecular flexibility index (Phi) is 4.56. The van der Waals surface area contributed by atoms with Crippen LogP contribution in [0.5, 0.6) is 17.2 Å². The normalized spacial score (nSPS) is 24.7. The highest BCUT2D eigenvalue weighted by atomic mass is 16.7. The monoisotopic (exact) mass is 515 g/mol. The molecule has 1 saturated heterocycles. The molecule has 4 aliphatic rings. The number of carbonyl (C=O) groups excluding carboxylic acids is 3. The fourth-order valence-corrected chi connectivity index (χ4v) is 6.61. The lowest BCUT2D eigenvalue weighted by Crippen LogP contribution is -2.42. The first kappa shape index (κ1) is 22.1. The minimum atomic E-state index is -0.909. The van der Waals surface area contributed by atoms with E-state index in [1.807, 2.05) is 60.7 Å². The van der Waals surface area contributed by atoms with Gasteiger partial charge >= 0.3 is 5.97 Å². The summed E-state index contributed by atoms with van der Waals surface area (Å²) >= 11 is 0. The van der Waals surface area contributed by atoms with Crippen molar-refractivity contribution < 1.29 is 28.6 Å². The number of nitrogens with zero attached hydrogens (tertiary/aromatic N) is 1. The Bertz CT molecular complexity index is 1760. The summed E-state index contributed by atoms with van der Waals surface area (Å²) in [5.41, 5.74) is 2.82. The molecule has 3 heterocycles. The first-order valence-electron chi connectivity index (χ1n) is 12.9. The average molecular weight is 516 g/mol. The van der Waals surface area contributed by atoms with Crippen LogP contribution in [0.3, 0.4) is 0 Å². The molecule has 0 unspecified atom stereocenters. The highest BCUT2D eigenvalue weighted by Crippen LogP contribution is 2.56. The summed E-state index contributed by atoms with van der Waals surface area (Å²) in [5, 5.41) is 1.92. The maximum atomic E-state index is 14.1. The number of imide groups is 1. The number of ether oxygens (including phenoxy) is 3. The van der Waals surface area contributed by atoms with Crippen molar-refractivity contribution in [3.05, 3.63) is 102 Å². The summed E-state index contributed by atoms with van der Waals surface area (Å²) in [6.45, 7) is 0.128. The third-order valence-corrected chi connectivity index (χ3v) is 8.28. The first-order chi connectivity index (χ1) is 19.1. The Hall–Kier alpha value is -4.91. The molecule has 4 aromatic rings. The van der Waals surface area contributed by atoms with Crippen LogP contribution in [0.2, 0.25) is 0 Å². The second-order valence-electron chi connectivity index (χ2n) is 10.2. The van der Waals surface area contributed by atoms with Gasteiger partial charge in [0.25, 0.3) is 0 Å². The second kappa shape index (κ2) is 8.04. The quantitative estimate of drug-likeness (QED) is 0.210. The average Bonchev–Trinajstić information content (AvgIpc) is 3.54. The van der Waals surface area contributed by atoms with E-state index < -0.39 is 35.5 Å². The zero-order valence-corrected chi connectivity index (χ0v) is 20.6. The molecule has 0 saturated carbocycles. The molecular weight excluding hydrogens is 494 g/mol. The van der Waals surface area contributed by atoms with Gasteiger partial charge in [0, 0.05) is 11.5 Å². The predicted octanol–water partition coefficient (Wildman–Crippen LogP) is 5.09. The zero-order valence-electron chi connectivity index (χ0n) is 20.6. The lowest BCUT2D eigenvalue weighted by molar-refractivity contribution is -0.142. The molecule has 8 rings (SSSR count). The molecule has 39 heavy (non-hydrogen) atoms. The van der Waals surface area contributed by atoms with Gasteiger partial charge in [-0.25, -0.2) is 4.90 Å². The number of hydrogen-bond acceptors (Lipinski definition) is 6. The molecular formula is C32H21NO6. The number of carbonyl (C=O) groups is 3. The van der Waals surface area contributed by atoms with E-state index >= 15 is 0 Å². The zero-order chi connectivity index (χ0) is 26.2. The summed E-state index contributed by atoms with van der Waals surface area (Å²) in [6.07, 6.45) is 1.99. The van der Waals surface area contributed by atoms with Crippen LogP contribution in [0.4, 0.5) is 5.69 Å². The molecule has 7 nitrogen and oxygen atoms in total. The highest BCUT2D eigenvalue weighted by Gasteiger charge is 2.60. The van der Waals surface area contributed by atoms with Crippen molar-refractivity contribution in [2.75, 3.05) is 11.7 Å². The van der Waals surface area contributed by atoms with E-state index in [-0.39, 0.29) is 12.7 Å². The minimum absolute atomic E-state index is 0.128. The van der Waals surface area contributed by atoms with Crippen LogP contribution in [0, 0.1) is 17.8 Å². The van der Waals surface area contributed by atoms with E-state index in [1.165, 1.54) is 4.90 Å². The number of anilines is 1. The Balaban J connectivity index is 1.37. The van der Waals surface area contributed by atoms with E-state index in [0.29, 0.717) is 22.9 Å². The number of para-hydroxylation sites is 1. The van der Waals surface area contributed by atoms with Gasteiger partial charge in [-0.3, -0.25) is 14.4 Å². The van der Waals surface area contributed by atoms with Crippen LogP contribution in [0.25, 0.3) is 16.3 Å². The van der Waals surface area contributed by atoms with E-state index in [1.54, 1.807) is 30.3 Å². The van der Waals surface area contributed by atoms with E-state index in [2.05, 4.69) is 0 Å². The molecule has 3 aliphatic heterocycles. The van der Waals surface area contributed by atoms with E-state index in [9.17, 15) is 14.4 Å². The maximum absolute atomic E-state index is 14.1. The summed E-state index contributed by atoms with van der Waals surface area (Å²) in [7, 11) is 0. The molecule has 0 radical (unpaired) electrons. The number of esters is 1. The molecule has 7 heteroatoms. The van der Waals surface area contributed by atoms with Gasteiger partial charge in [0.2, 0.25) is 18.6 Å². The number of amides is 2. The lowest BCUT2D eigenvalue weighted by Gasteiger charge is -2.38. The van der Waals surface area contributed by atoms with Gasteiger partial charge < -0.3 is 14.2 Å². The van der Waals surface area contributed by atoms with Gasteiger partial charge in [0.1, 0.15) is 5.75 Å². The van der Waals surface area contributed by atoms with Crippen LogP contribution >= 0.6 is 0 Å². The smallest absolute Gasteiger partial charge is 0.319 e. The molecule has 0 N–H and O–H groups in total. The second-order valence-corrected chi connectivity index (χ2v) is 10.2. The van der Waals surface area contributed by atoms with Crippen molar-refractivity contribution in [2.45, 2.75) is 5.92 Å². The van der Waals surface area contributed by atoms with Crippen molar-refractivity contribution in [1.82, 2.24) is 0 Å². The Morgan fingerprint density at radius 2 is 1.46 bits per heavy atom. The summed E-state index contributed by atoms with van der Waals surface area (Å²) in [4.78, 5) is 43.0. The molecule has 2 amide bonds. The van der Waals surface area contributed by atoms with Crippen LogP contribution in [-0.2, 0) is 14.4 Å². The molecule has 0 bridgehead atoms. The van der Waals surface area contributed by atoms with E-state index in [4.69, 9.17) is 14.2 Å². The highest BCUT2D eigenvalue weighted by molar-refractivity contribution is 6.25. The van der Waals surface area contributed by atoms with Crippen LogP contribution in [-0.4, -0.2) is 24.6 Å². The van der Waals surface area contributed by atoms with Gasteiger partial charge in [-0.05, 0) is 52.2 Å². The van der Waals surface area contributed by atoms with Crippen molar-refractivity contribution in [3.8, 4) is 17.2 Å². The van der Waals surface area contributed by atoms with Gasteiger partial charge in [-0.2, -0.15) is 0 Å². The van der Waals surface area contributed by atoms with Gasteiger partial charge in [-0.15, -0.1) is 0 Å². The summed E-state index contributed by atoms with van der Waals surface area (Å²) in [6, 6.07) is 26.1. The Labute approximate surface area is 223 Å². The molecule has 190 valence electrons. The molecule has 4 aromatic carbocycles. The molecule has 4 atom stereocenters. The lowest BCUT2D eigenvalue weighted by atomic mass is 9.64. The number of hydrogen-bond donors (Lipinski definition) is 0.